The van der Waals surface area contributed by atoms with Gasteiger partial charge in [-0.25, -0.2) is 19.2 Å². The monoisotopic (exact) mass is 447 g/mol. The quantitative estimate of drug-likeness (QED) is 0.697. The molecule has 0 saturated carbocycles. The van der Waals surface area contributed by atoms with Crippen molar-refractivity contribution in [3.63, 3.8) is 0 Å². The molecule has 1 unspecified atom stereocenters. The topological polar surface area (TPSA) is 76.2 Å². The average Bonchev–Trinajstić information content (AvgIpc) is 2.77. The van der Waals surface area contributed by atoms with Gasteiger partial charge in [-0.05, 0) is 30.0 Å². The number of likely N-dealkylation sites (N-methyl/N-ethyl adjacent to an activating group) is 1. The van der Waals surface area contributed by atoms with Crippen LogP contribution >= 0.6 is 0 Å². The first-order valence-corrected chi connectivity index (χ1v) is 11.4. The standard InChI is InChI=1S/C23H34FN5O3/c1-5-7-12-27-14-19-28(21(22(27)31)16(3)6-2)20(30)15-26(4)29(19)23(32)25-13-17-8-10-18(24)11-9-17/h8-11,16,19,21H,5-7,12-15H2,1-4H3,(H,25,32)/t16?,19-,21-/m0/s1. The number of rotatable bonds is 7. The molecule has 0 bridgehead atoms. The highest BCUT2D eigenvalue weighted by Crippen LogP contribution is 2.30. The van der Waals surface area contributed by atoms with Crippen LogP contribution in [-0.4, -0.2) is 76.6 Å². The van der Waals surface area contributed by atoms with Crippen LogP contribution in [0.25, 0.3) is 0 Å². The summed E-state index contributed by atoms with van der Waals surface area (Å²) in [6, 6.07) is 5.01. The lowest BCUT2D eigenvalue weighted by atomic mass is 9.92. The maximum absolute atomic E-state index is 13.3. The van der Waals surface area contributed by atoms with Gasteiger partial charge in [0, 0.05) is 20.1 Å². The van der Waals surface area contributed by atoms with Crippen molar-refractivity contribution >= 4 is 17.8 Å². The van der Waals surface area contributed by atoms with Gasteiger partial charge in [0.05, 0.1) is 13.1 Å². The van der Waals surface area contributed by atoms with Crippen LogP contribution in [0, 0.1) is 11.7 Å². The number of unbranched alkanes of at least 4 members (excludes halogenated alkanes) is 1. The zero-order valence-electron chi connectivity index (χ0n) is 19.4. The summed E-state index contributed by atoms with van der Waals surface area (Å²) in [6.45, 7) is 7.20. The molecular weight excluding hydrogens is 413 g/mol. The molecule has 4 amide bonds. The number of hydrazine groups is 1. The summed E-state index contributed by atoms with van der Waals surface area (Å²) in [5.41, 5.74) is 0.772. The molecule has 0 spiro atoms. The molecule has 1 aromatic carbocycles. The van der Waals surface area contributed by atoms with Crippen LogP contribution in [-0.2, 0) is 16.1 Å². The highest BCUT2D eigenvalue weighted by atomic mass is 19.1. The lowest BCUT2D eigenvalue weighted by Crippen LogP contribution is -2.76. The lowest BCUT2D eigenvalue weighted by Gasteiger charge is -2.55. The number of urea groups is 1. The fraction of sp³-hybridized carbons (Fsp3) is 0.609. The van der Waals surface area contributed by atoms with Gasteiger partial charge in [-0.3, -0.25) is 9.59 Å². The number of piperazine rings is 1. The number of amides is 4. The van der Waals surface area contributed by atoms with E-state index in [0.29, 0.717) is 6.54 Å². The molecule has 32 heavy (non-hydrogen) atoms. The Labute approximate surface area is 189 Å². The molecule has 2 heterocycles. The van der Waals surface area contributed by atoms with Crippen LogP contribution < -0.4 is 5.32 Å². The van der Waals surface area contributed by atoms with Crippen molar-refractivity contribution in [2.24, 2.45) is 5.92 Å². The van der Waals surface area contributed by atoms with Gasteiger partial charge in [0.25, 0.3) is 0 Å². The van der Waals surface area contributed by atoms with E-state index >= 15 is 0 Å². The lowest BCUT2D eigenvalue weighted by molar-refractivity contribution is -0.190. The molecular formula is C23H34FN5O3. The Bertz CT molecular complexity index is 833. The Hall–Kier alpha value is -2.68. The number of carbonyl (C=O) groups excluding carboxylic acids is 3. The van der Waals surface area contributed by atoms with E-state index in [-0.39, 0.29) is 49.2 Å². The zero-order chi connectivity index (χ0) is 23.4. The van der Waals surface area contributed by atoms with Crippen molar-refractivity contribution < 1.29 is 18.8 Å². The van der Waals surface area contributed by atoms with Gasteiger partial charge in [-0.15, -0.1) is 0 Å². The minimum absolute atomic E-state index is 0.0223. The van der Waals surface area contributed by atoms with Gasteiger partial charge in [0.1, 0.15) is 18.0 Å². The van der Waals surface area contributed by atoms with Gasteiger partial charge < -0.3 is 15.1 Å². The molecule has 3 rings (SSSR count). The van der Waals surface area contributed by atoms with E-state index in [0.717, 1.165) is 24.8 Å². The second kappa shape index (κ2) is 10.3. The van der Waals surface area contributed by atoms with E-state index in [2.05, 4.69) is 12.2 Å². The SMILES string of the molecule is CCCCN1C[C@H]2N(C(=O)CN(C)N2C(=O)NCc2ccc(F)cc2)[C@@H](C(C)CC)C1=O. The summed E-state index contributed by atoms with van der Waals surface area (Å²) < 4.78 is 13.2. The van der Waals surface area contributed by atoms with Gasteiger partial charge in [0.15, 0.2) is 0 Å². The molecule has 8 nitrogen and oxygen atoms in total. The molecule has 2 aliphatic heterocycles. The van der Waals surface area contributed by atoms with E-state index in [1.54, 1.807) is 39.0 Å². The number of hydrogen-bond acceptors (Lipinski definition) is 4. The minimum atomic E-state index is -0.579. The van der Waals surface area contributed by atoms with Crippen molar-refractivity contribution in [3.8, 4) is 0 Å². The molecule has 3 atom stereocenters. The predicted molar refractivity (Wildman–Crippen MR) is 118 cm³/mol. The average molecular weight is 448 g/mol. The van der Waals surface area contributed by atoms with Crippen LogP contribution in [0.15, 0.2) is 24.3 Å². The van der Waals surface area contributed by atoms with Crippen LogP contribution in [0.4, 0.5) is 9.18 Å². The molecule has 176 valence electrons. The molecule has 2 saturated heterocycles. The van der Waals surface area contributed by atoms with Crippen molar-refractivity contribution in [1.29, 1.82) is 0 Å². The molecule has 1 N–H and O–H groups in total. The van der Waals surface area contributed by atoms with Crippen molar-refractivity contribution in [3.05, 3.63) is 35.6 Å². The Kier molecular flexibility index (Phi) is 7.71. The molecule has 2 fully saturated rings. The first kappa shape index (κ1) is 24.0. The Morgan fingerprint density at radius 2 is 1.91 bits per heavy atom. The van der Waals surface area contributed by atoms with Crippen LogP contribution in [0.2, 0.25) is 0 Å². The van der Waals surface area contributed by atoms with Crippen molar-refractivity contribution in [2.45, 2.75) is 58.8 Å². The van der Waals surface area contributed by atoms with E-state index in [1.807, 2.05) is 13.8 Å². The smallest absolute Gasteiger partial charge is 0.334 e. The van der Waals surface area contributed by atoms with E-state index in [9.17, 15) is 18.8 Å². The second-order valence-corrected chi connectivity index (χ2v) is 8.70. The third-order valence-corrected chi connectivity index (χ3v) is 6.40. The molecule has 0 radical (unpaired) electrons. The Morgan fingerprint density at radius 3 is 2.53 bits per heavy atom. The van der Waals surface area contributed by atoms with E-state index < -0.39 is 12.2 Å². The molecule has 0 aromatic heterocycles. The van der Waals surface area contributed by atoms with Crippen LogP contribution in [0.5, 0.6) is 0 Å². The Balaban J connectivity index is 1.85. The third kappa shape index (κ3) is 4.87. The minimum Gasteiger partial charge on any atom is -0.337 e. The maximum Gasteiger partial charge on any atom is 0.334 e. The molecule has 1 aromatic rings. The third-order valence-electron chi connectivity index (χ3n) is 6.40. The van der Waals surface area contributed by atoms with Gasteiger partial charge >= 0.3 is 6.03 Å². The van der Waals surface area contributed by atoms with Crippen LogP contribution in [0.3, 0.4) is 0 Å². The summed E-state index contributed by atoms with van der Waals surface area (Å²) in [4.78, 5) is 43.0. The number of hydrogen-bond donors (Lipinski definition) is 1. The Morgan fingerprint density at radius 1 is 1.22 bits per heavy atom. The fourth-order valence-corrected chi connectivity index (χ4v) is 4.41. The highest BCUT2D eigenvalue weighted by Gasteiger charge is 2.51. The zero-order valence-corrected chi connectivity index (χ0v) is 19.4. The number of fused-ring (bicyclic) bond motifs is 1. The summed E-state index contributed by atoms with van der Waals surface area (Å²) in [5.74, 6) is -0.534. The van der Waals surface area contributed by atoms with Gasteiger partial charge in [-0.1, -0.05) is 45.7 Å². The first-order chi connectivity index (χ1) is 15.3. The van der Waals surface area contributed by atoms with Crippen molar-refractivity contribution in [1.82, 2.24) is 25.1 Å². The molecule has 2 aliphatic rings. The van der Waals surface area contributed by atoms with Crippen LogP contribution in [0.1, 0.15) is 45.6 Å². The number of nitrogens with zero attached hydrogens (tertiary/aromatic N) is 4. The summed E-state index contributed by atoms with van der Waals surface area (Å²) in [5, 5.41) is 6.04. The van der Waals surface area contributed by atoms with Crippen molar-refractivity contribution in [2.75, 3.05) is 26.7 Å². The number of benzene rings is 1. The van der Waals surface area contributed by atoms with Gasteiger partial charge in [0.2, 0.25) is 11.8 Å². The highest BCUT2D eigenvalue weighted by molar-refractivity contribution is 5.91. The predicted octanol–water partition coefficient (Wildman–Crippen LogP) is 2.41. The largest absolute Gasteiger partial charge is 0.337 e. The van der Waals surface area contributed by atoms with E-state index in [4.69, 9.17) is 0 Å². The second-order valence-electron chi connectivity index (χ2n) is 8.70. The normalized spacial score (nSPS) is 22.7. The molecule has 0 aliphatic carbocycles. The fourth-order valence-electron chi connectivity index (χ4n) is 4.41. The summed E-state index contributed by atoms with van der Waals surface area (Å²) in [6.07, 6.45) is 2.00. The number of carbonyl (C=O) groups is 3. The van der Waals surface area contributed by atoms with E-state index in [1.165, 1.54) is 12.1 Å². The molecule has 9 heteroatoms. The van der Waals surface area contributed by atoms with Gasteiger partial charge in [-0.2, -0.15) is 0 Å². The first-order valence-electron chi connectivity index (χ1n) is 11.4. The maximum atomic E-state index is 13.3. The summed E-state index contributed by atoms with van der Waals surface area (Å²) in [7, 11) is 1.71. The summed E-state index contributed by atoms with van der Waals surface area (Å²) >= 11 is 0. The number of halogens is 1. The number of nitrogens with one attached hydrogen (secondary N) is 1.